The maximum Gasteiger partial charge on any atom is 0.405 e. The van der Waals surface area contributed by atoms with Crippen LogP contribution in [0.2, 0.25) is 0 Å². The van der Waals surface area contributed by atoms with Crippen LogP contribution in [-0.2, 0) is 0 Å². The van der Waals surface area contributed by atoms with Gasteiger partial charge < -0.3 is 15.5 Å². The third-order valence-electron chi connectivity index (χ3n) is 4.64. The molecule has 1 unspecified atom stereocenters. The number of carbonyl (C=O) groups is 1. The molecular formula is C19H31Cl2F3N4O. The molecule has 0 spiro atoms. The second-order valence-electron chi connectivity index (χ2n) is 7.37. The van der Waals surface area contributed by atoms with Crippen molar-refractivity contribution in [2.75, 3.05) is 51.2 Å². The Kier molecular flexibility index (Phi) is 11.9. The molecular weight excluding hydrogens is 428 g/mol. The predicted molar refractivity (Wildman–Crippen MR) is 116 cm³/mol. The van der Waals surface area contributed by atoms with Crippen LogP contribution in [0.3, 0.4) is 0 Å². The summed E-state index contributed by atoms with van der Waals surface area (Å²) in [5, 5.41) is 5.49. The van der Waals surface area contributed by atoms with Crippen molar-refractivity contribution < 1.29 is 18.0 Å². The van der Waals surface area contributed by atoms with Gasteiger partial charge in [0, 0.05) is 57.6 Å². The molecule has 1 aliphatic heterocycles. The third-order valence-corrected chi connectivity index (χ3v) is 4.64. The lowest BCUT2D eigenvalue weighted by Crippen LogP contribution is -2.57. The molecule has 2 rings (SSSR count). The van der Waals surface area contributed by atoms with E-state index < -0.39 is 24.7 Å². The molecule has 0 bridgehead atoms. The number of carbonyl (C=O) groups excluding carboxylic acids is 1. The Hall–Kier alpha value is -1.22. The van der Waals surface area contributed by atoms with Gasteiger partial charge in [0.2, 0.25) is 0 Å². The van der Waals surface area contributed by atoms with Gasteiger partial charge >= 0.3 is 6.18 Å². The lowest BCUT2D eigenvalue weighted by atomic mass is 10.1. The zero-order valence-electron chi connectivity index (χ0n) is 17.0. The Bertz CT molecular complexity index is 608. The summed E-state index contributed by atoms with van der Waals surface area (Å²) < 4.78 is 40.2. The van der Waals surface area contributed by atoms with E-state index in [1.807, 2.05) is 19.2 Å². The van der Waals surface area contributed by atoms with E-state index in [2.05, 4.69) is 29.4 Å². The number of anilines is 1. The van der Waals surface area contributed by atoms with Crippen LogP contribution in [0.5, 0.6) is 0 Å². The Morgan fingerprint density at radius 1 is 1.17 bits per heavy atom. The number of rotatable bonds is 7. The maximum atomic E-state index is 13.4. The molecule has 0 aromatic heterocycles. The first-order valence-corrected chi connectivity index (χ1v) is 9.29. The standard InChI is InChI=1S/C19H29F3N4O.2ClH/c1-14(2)13-25(3)16-6-4-15(5-7-16)18(27)24-12-17(19(20,21)22)26-10-8-23-9-11-26;;/h4-7,14,17,23H,8-13H2,1-3H3,(H,24,27);2*1H. The zero-order chi connectivity index (χ0) is 20.0. The Labute approximate surface area is 183 Å². The lowest BCUT2D eigenvalue weighted by Gasteiger charge is -2.35. The minimum atomic E-state index is -4.38. The van der Waals surface area contributed by atoms with Gasteiger partial charge in [-0.3, -0.25) is 9.69 Å². The molecule has 0 radical (unpaired) electrons. The van der Waals surface area contributed by atoms with Gasteiger partial charge in [0.15, 0.2) is 0 Å². The normalized spacial score (nSPS) is 15.8. The molecule has 1 aromatic rings. The molecule has 1 atom stereocenters. The zero-order valence-corrected chi connectivity index (χ0v) is 18.6. The van der Waals surface area contributed by atoms with Gasteiger partial charge in [0.1, 0.15) is 6.04 Å². The first kappa shape index (κ1) is 27.8. The second-order valence-corrected chi connectivity index (χ2v) is 7.37. The van der Waals surface area contributed by atoms with E-state index in [0.29, 0.717) is 37.7 Å². The van der Waals surface area contributed by atoms with Crippen LogP contribution in [0.1, 0.15) is 24.2 Å². The molecule has 1 saturated heterocycles. The number of amides is 1. The van der Waals surface area contributed by atoms with Gasteiger partial charge in [0.05, 0.1) is 0 Å². The highest BCUT2D eigenvalue weighted by atomic mass is 35.5. The van der Waals surface area contributed by atoms with Gasteiger partial charge in [-0.25, -0.2) is 0 Å². The number of nitrogens with one attached hydrogen (secondary N) is 2. The minimum absolute atomic E-state index is 0. The van der Waals surface area contributed by atoms with E-state index in [1.54, 1.807) is 12.1 Å². The highest BCUT2D eigenvalue weighted by Crippen LogP contribution is 2.25. The Morgan fingerprint density at radius 3 is 2.21 bits per heavy atom. The van der Waals surface area contributed by atoms with Crippen LogP contribution in [-0.4, -0.2) is 69.3 Å². The quantitative estimate of drug-likeness (QED) is 0.658. The first-order chi connectivity index (χ1) is 12.7. The summed E-state index contributed by atoms with van der Waals surface area (Å²) in [7, 11) is 1.97. The van der Waals surface area contributed by atoms with E-state index >= 15 is 0 Å². The van der Waals surface area contributed by atoms with E-state index in [0.717, 1.165) is 12.2 Å². The van der Waals surface area contributed by atoms with Crippen molar-refractivity contribution in [3.8, 4) is 0 Å². The number of nitrogens with zero attached hydrogens (tertiary/aromatic N) is 2. The maximum absolute atomic E-state index is 13.4. The van der Waals surface area contributed by atoms with Crippen molar-refractivity contribution in [1.82, 2.24) is 15.5 Å². The molecule has 10 heteroatoms. The highest BCUT2D eigenvalue weighted by molar-refractivity contribution is 5.94. The van der Waals surface area contributed by atoms with Crippen molar-refractivity contribution in [1.29, 1.82) is 0 Å². The molecule has 168 valence electrons. The predicted octanol–water partition coefficient (Wildman–Crippen LogP) is 3.19. The largest absolute Gasteiger partial charge is 0.405 e. The van der Waals surface area contributed by atoms with E-state index in [-0.39, 0.29) is 24.8 Å². The summed E-state index contributed by atoms with van der Waals surface area (Å²) in [4.78, 5) is 15.8. The van der Waals surface area contributed by atoms with Crippen molar-refractivity contribution in [3.05, 3.63) is 29.8 Å². The number of hydrogen-bond donors (Lipinski definition) is 2. The fourth-order valence-corrected chi connectivity index (χ4v) is 3.26. The third kappa shape index (κ3) is 8.58. The summed E-state index contributed by atoms with van der Waals surface area (Å²) in [6, 6.07) is 5.26. The molecule has 0 aliphatic carbocycles. The second kappa shape index (κ2) is 12.5. The molecule has 1 heterocycles. The van der Waals surface area contributed by atoms with Gasteiger partial charge in [-0.1, -0.05) is 13.8 Å². The molecule has 0 saturated carbocycles. The fourth-order valence-electron chi connectivity index (χ4n) is 3.26. The van der Waals surface area contributed by atoms with Crippen LogP contribution < -0.4 is 15.5 Å². The summed E-state index contributed by atoms with van der Waals surface area (Å²) in [6.07, 6.45) is -4.38. The summed E-state index contributed by atoms with van der Waals surface area (Å²) in [5.74, 6) is 0.0136. The highest BCUT2D eigenvalue weighted by Gasteiger charge is 2.43. The molecule has 2 N–H and O–H groups in total. The van der Waals surface area contributed by atoms with Crippen LogP contribution in [0.15, 0.2) is 24.3 Å². The summed E-state index contributed by atoms with van der Waals surface area (Å²) in [5.41, 5.74) is 1.33. The van der Waals surface area contributed by atoms with Crippen molar-refractivity contribution in [3.63, 3.8) is 0 Å². The van der Waals surface area contributed by atoms with Crippen LogP contribution in [0, 0.1) is 5.92 Å². The number of alkyl halides is 3. The topological polar surface area (TPSA) is 47.6 Å². The Balaban J connectivity index is 0.00000392. The SMILES string of the molecule is CC(C)CN(C)c1ccc(C(=O)NCC(N2CCNCC2)C(F)(F)F)cc1.Cl.Cl. The first-order valence-electron chi connectivity index (χ1n) is 9.29. The molecule has 1 aromatic carbocycles. The number of piperazine rings is 1. The summed E-state index contributed by atoms with van der Waals surface area (Å²) >= 11 is 0. The minimum Gasteiger partial charge on any atom is -0.374 e. The molecule has 1 fully saturated rings. The van der Waals surface area contributed by atoms with Crippen molar-refractivity contribution >= 4 is 36.4 Å². The molecule has 29 heavy (non-hydrogen) atoms. The van der Waals surface area contributed by atoms with E-state index in [1.165, 1.54) is 4.90 Å². The number of hydrogen-bond acceptors (Lipinski definition) is 4. The van der Waals surface area contributed by atoms with Gasteiger partial charge in [-0.2, -0.15) is 13.2 Å². The van der Waals surface area contributed by atoms with Gasteiger partial charge in [-0.15, -0.1) is 24.8 Å². The average molecular weight is 459 g/mol. The van der Waals surface area contributed by atoms with Crippen molar-refractivity contribution in [2.45, 2.75) is 26.1 Å². The average Bonchev–Trinajstić information content (AvgIpc) is 2.61. The van der Waals surface area contributed by atoms with Gasteiger partial charge in [-0.05, 0) is 30.2 Å². The van der Waals surface area contributed by atoms with E-state index in [9.17, 15) is 18.0 Å². The van der Waals surface area contributed by atoms with Gasteiger partial charge in [0.25, 0.3) is 5.91 Å². The molecule has 1 amide bonds. The number of benzene rings is 1. The fraction of sp³-hybridized carbons (Fsp3) is 0.632. The Morgan fingerprint density at radius 2 is 1.72 bits per heavy atom. The molecule has 5 nitrogen and oxygen atoms in total. The number of halogens is 5. The van der Waals surface area contributed by atoms with E-state index in [4.69, 9.17) is 0 Å². The van der Waals surface area contributed by atoms with Crippen molar-refractivity contribution in [2.24, 2.45) is 5.92 Å². The van der Waals surface area contributed by atoms with Crippen LogP contribution >= 0.6 is 24.8 Å². The smallest absolute Gasteiger partial charge is 0.374 e. The van der Waals surface area contributed by atoms with Crippen LogP contribution in [0.25, 0.3) is 0 Å². The van der Waals surface area contributed by atoms with Crippen LogP contribution in [0.4, 0.5) is 18.9 Å². The lowest BCUT2D eigenvalue weighted by molar-refractivity contribution is -0.183. The molecule has 1 aliphatic rings. The summed E-state index contributed by atoms with van der Waals surface area (Å²) in [6.45, 7) is 6.34. The monoisotopic (exact) mass is 458 g/mol.